The number of carbonyl (C=O) groups excluding carboxylic acids is 1. The van der Waals surface area contributed by atoms with Crippen LogP contribution in [-0.2, 0) is 4.79 Å². The molecule has 3 nitrogen and oxygen atoms in total. The molecule has 1 aliphatic rings. The van der Waals surface area contributed by atoms with E-state index < -0.39 is 5.41 Å². The summed E-state index contributed by atoms with van der Waals surface area (Å²) in [5, 5.41) is 3.07. The number of nitrogens with two attached hydrogens (primary N) is 1. The van der Waals surface area contributed by atoms with Crippen molar-refractivity contribution >= 4 is 5.91 Å². The fraction of sp³-hybridized carbons (Fsp3) is 0.929. The van der Waals surface area contributed by atoms with Crippen LogP contribution in [0.25, 0.3) is 0 Å². The smallest absolute Gasteiger partial charge is 0.226 e. The zero-order valence-corrected chi connectivity index (χ0v) is 11.8. The highest BCUT2D eigenvalue weighted by Crippen LogP contribution is 2.39. The molecule has 3 N–H and O–H groups in total. The molecule has 0 unspecified atom stereocenters. The molecule has 17 heavy (non-hydrogen) atoms. The van der Waals surface area contributed by atoms with Crippen molar-refractivity contribution in [2.24, 2.45) is 22.5 Å². The monoisotopic (exact) mass is 240 g/mol. The van der Waals surface area contributed by atoms with E-state index in [4.69, 9.17) is 5.73 Å². The standard InChI is InChI=1S/C14H28N2O/c1-13(2,9-15)12(17)16-10-14(3,4)11-7-5-6-8-11/h11H,5-10,15H2,1-4H3,(H,16,17). The van der Waals surface area contributed by atoms with E-state index >= 15 is 0 Å². The second-order valence-corrected chi connectivity index (χ2v) is 6.74. The summed E-state index contributed by atoms with van der Waals surface area (Å²) >= 11 is 0. The maximum absolute atomic E-state index is 12.0. The van der Waals surface area contributed by atoms with Gasteiger partial charge in [0.2, 0.25) is 5.91 Å². The van der Waals surface area contributed by atoms with Gasteiger partial charge in [-0.2, -0.15) is 0 Å². The molecule has 1 amide bonds. The summed E-state index contributed by atoms with van der Waals surface area (Å²) in [6, 6.07) is 0. The molecule has 1 fully saturated rings. The topological polar surface area (TPSA) is 55.1 Å². The van der Waals surface area contributed by atoms with Crippen molar-refractivity contribution in [3.63, 3.8) is 0 Å². The Morgan fingerprint density at radius 3 is 2.24 bits per heavy atom. The number of hydrogen-bond donors (Lipinski definition) is 2. The van der Waals surface area contributed by atoms with E-state index in [1.54, 1.807) is 0 Å². The molecule has 1 rings (SSSR count). The van der Waals surface area contributed by atoms with Gasteiger partial charge in [-0.15, -0.1) is 0 Å². The van der Waals surface area contributed by atoms with E-state index in [1.807, 2.05) is 13.8 Å². The average molecular weight is 240 g/mol. The Labute approximate surface area is 106 Å². The predicted molar refractivity (Wildman–Crippen MR) is 71.6 cm³/mol. The zero-order valence-electron chi connectivity index (χ0n) is 11.8. The highest BCUT2D eigenvalue weighted by molar-refractivity contribution is 5.82. The Kier molecular flexibility index (Phi) is 4.59. The van der Waals surface area contributed by atoms with Gasteiger partial charge < -0.3 is 11.1 Å². The first-order valence-corrected chi connectivity index (χ1v) is 6.78. The summed E-state index contributed by atoms with van der Waals surface area (Å²) in [4.78, 5) is 12.0. The van der Waals surface area contributed by atoms with Crippen LogP contribution in [0.4, 0.5) is 0 Å². The van der Waals surface area contributed by atoms with Crippen molar-refractivity contribution in [3.05, 3.63) is 0 Å². The third kappa shape index (κ3) is 3.70. The predicted octanol–water partition coefficient (Wildman–Crippen LogP) is 2.30. The minimum absolute atomic E-state index is 0.0751. The van der Waals surface area contributed by atoms with Crippen molar-refractivity contribution in [3.8, 4) is 0 Å². The second kappa shape index (κ2) is 5.38. The SMILES string of the molecule is CC(C)(CN)C(=O)NCC(C)(C)C1CCCC1. The lowest BCUT2D eigenvalue weighted by atomic mass is 9.77. The van der Waals surface area contributed by atoms with Gasteiger partial charge in [0.15, 0.2) is 0 Å². The Bertz CT molecular complexity index is 265. The zero-order chi connectivity index (χ0) is 13.1. The van der Waals surface area contributed by atoms with Gasteiger partial charge in [0.1, 0.15) is 0 Å². The summed E-state index contributed by atoms with van der Waals surface area (Å²) in [6.07, 6.45) is 5.30. The van der Waals surface area contributed by atoms with Crippen LogP contribution in [-0.4, -0.2) is 19.0 Å². The number of rotatable bonds is 5. The van der Waals surface area contributed by atoms with E-state index in [2.05, 4.69) is 19.2 Å². The molecule has 0 saturated heterocycles. The second-order valence-electron chi connectivity index (χ2n) is 6.74. The summed E-state index contributed by atoms with van der Waals surface area (Å²) in [7, 11) is 0. The summed E-state index contributed by atoms with van der Waals surface area (Å²) < 4.78 is 0. The minimum atomic E-state index is -0.453. The number of nitrogens with one attached hydrogen (secondary N) is 1. The van der Waals surface area contributed by atoms with Gasteiger partial charge in [-0.05, 0) is 38.0 Å². The van der Waals surface area contributed by atoms with Crippen LogP contribution >= 0.6 is 0 Å². The Morgan fingerprint density at radius 2 is 1.76 bits per heavy atom. The van der Waals surface area contributed by atoms with Gasteiger partial charge in [-0.3, -0.25) is 4.79 Å². The quantitative estimate of drug-likeness (QED) is 0.774. The van der Waals surface area contributed by atoms with E-state index in [9.17, 15) is 4.79 Å². The third-order valence-electron chi connectivity index (χ3n) is 4.29. The Morgan fingerprint density at radius 1 is 1.24 bits per heavy atom. The fourth-order valence-electron chi connectivity index (χ4n) is 2.49. The summed E-state index contributed by atoms with van der Waals surface area (Å²) in [6.45, 7) is 9.47. The van der Waals surface area contributed by atoms with Crippen LogP contribution in [0.1, 0.15) is 53.4 Å². The van der Waals surface area contributed by atoms with E-state index in [-0.39, 0.29) is 11.3 Å². The Hall–Kier alpha value is -0.570. The molecule has 0 heterocycles. The highest BCUT2D eigenvalue weighted by atomic mass is 16.2. The molecule has 1 aliphatic carbocycles. The van der Waals surface area contributed by atoms with Crippen LogP contribution in [0, 0.1) is 16.7 Å². The maximum atomic E-state index is 12.0. The maximum Gasteiger partial charge on any atom is 0.226 e. The molecule has 0 aliphatic heterocycles. The van der Waals surface area contributed by atoms with Crippen molar-refractivity contribution in [1.29, 1.82) is 0 Å². The normalized spacial score (nSPS) is 18.4. The van der Waals surface area contributed by atoms with E-state index in [1.165, 1.54) is 25.7 Å². The molecular weight excluding hydrogens is 212 g/mol. The lowest BCUT2D eigenvalue weighted by Crippen LogP contribution is -2.46. The van der Waals surface area contributed by atoms with Gasteiger partial charge in [0.25, 0.3) is 0 Å². The molecule has 1 saturated carbocycles. The highest BCUT2D eigenvalue weighted by Gasteiger charge is 2.33. The largest absolute Gasteiger partial charge is 0.355 e. The van der Waals surface area contributed by atoms with Crippen molar-refractivity contribution in [1.82, 2.24) is 5.32 Å². The van der Waals surface area contributed by atoms with Crippen LogP contribution in [0.2, 0.25) is 0 Å². The molecule has 0 bridgehead atoms. The minimum Gasteiger partial charge on any atom is -0.355 e. The first kappa shape index (κ1) is 14.5. The summed E-state index contributed by atoms with van der Waals surface area (Å²) in [5.74, 6) is 0.829. The number of amides is 1. The molecule has 3 heteroatoms. The van der Waals surface area contributed by atoms with Gasteiger partial charge in [0, 0.05) is 13.1 Å². The number of carbonyl (C=O) groups is 1. The van der Waals surface area contributed by atoms with Gasteiger partial charge in [0.05, 0.1) is 5.41 Å². The first-order chi connectivity index (χ1) is 7.79. The van der Waals surface area contributed by atoms with Crippen LogP contribution in [0.3, 0.4) is 0 Å². The van der Waals surface area contributed by atoms with Gasteiger partial charge in [-0.1, -0.05) is 26.7 Å². The lowest BCUT2D eigenvalue weighted by Gasteiger charge is -2.33. The molecule has 0 aromatic heterocycles. The molecule has 0 aromatic rings. The van der Waals surface area contributed by atoms with E-state index in [0.29, 0.717) is 6.54 Å². The van der Waals surface area contributed by atoms with Crippen LogP contribution < -0.4 is 11.1 Å². The molecule has 0 atom stereocenters. The summed E-state index contributed by atoms with van der Waals surface area (Å²) in [5.41, 5.74) is 5.36. The Balaban J connectivity index is 2.46. The first-order valence-electron chi connectivity index (χ1n) is 6.78. The van der Waals surface area contributed by atoms with Crippen LogP contribution in [0.5, 0.6) is 0 Å². The lowest BCUT2D eigenvalue weighted by molar-refractivity contribution is -0.129. The van der Waals surface area contributed by atoms with Crippen molar-refractivity contribution < 1.29 is 4.79 Å². The van der Waals surface area contributed by atoms with E-state index in [0.717, 1.165) is 12.5 Å². The molecule has 0 aromatic carbocycles. The molecule has 100 valence electrons. The van der Waals surface area contributed by atoms with Gasteiger partial charge >= 0.3 is 0 Å². The number of hydrogen-bond acceptors (Lipinski definition) is 2. The fourth-order valence-corrected chi connectivity index (χ4v) is 2.49. The average Bonchev–Trinajstić information content (AvgIpc) is 2.80. The van der Waals surface area contributed by atoms with Gasteiger partial charge in [-0.25, -0.2) is 0 Å². The molecule has 0 spiro atoms. The van der Waals surface area contributed by atoms with Crippen LogP contribution in [0.15, 0.2) is 0 Å². The molecule has 0 radical (unpaired) electrons. The molecular formula is C14H28N2O. The van der Waals surface area contributed by atoms with Crippen molar-refractivity contribution in [2.75, 3.05) is 13.1 Å². The van der Waals surface area contributed by atoms with Crippen molar-refractivity contribution in [2.45, 2.75) is 53.4 Å². The third-order valence-corrected chi connectivity index (χ3v) is 4.29.